The number of hydrogen-bond acceptors (Lipinski definition) is 6. The molecule has 3 rings (SSSR count). The number of aromatic nitrogens is 3. The Kier molecular flexibility index (Phi) is 3.62. The van der Waals surface area contributed by atoms with Gasteiger partial charge in [-0.2, -0.15) is 0 Å². The first-order valence-corrected chi connectivity index (χ1v) is 7.82. The molecule has 7 heteroatoms. The van der Waals surface area contributed by atoms with Gasteiger partial charge in [0.15, 0.2) is 5.01 Å². The molecule has 0 radical (unpaired) electrons. The third-order valence-electron chi connectivity index (χ3n) is 2.68. The summed E-state index contributed by atoms with van der Waals surface area (Å²) in [5, 5.41) is 14.5. The molecule has 0 atom stereocenters. The summed E-state index contributed by atoms with van der Waals surface area (Å²) >= 11 is 2.97. The maximum absolute atomic E-state index is 12.2. The van der Waals surface area contributed by atoms with Crippen molar-refractivity contribution in [3.63, 3.8) is 0 Å². The van der Waals surface area contributed by atoms with Crippen LogP contribution in [-0.2, 0) is 0 Å². The normalized spacial score (nSPS) is 10.7. The fourth-order valence-corrected chi connectivity index (χ4v) is 3.31. The zero-order chi connectivity index (χ0) is 13.9. The van der Waals surface area contributed by atoms with E-state index in [2.05, 4.69) is 20.5 Å². The van der Waals surface area contributed by atoms with Crippen molar-refractivity contribution in [1.82, 2.24) is 15.2 Å². The Morgan fingerprint density at radius 1 is 1.30 bits per heavy atom. The maximum atomic E-state index is 12.2. The number of hydrogen-bond donors (Lipinski definition) is 2. The number of thiophene rings is 1. The number of anilines is 1. The van der Waals surface area contributed by atoms with Crippen LogP contribution in [0.25, 0.3) is 21.1 Å². The molecular weight excluding hydrogens is 292 g/mol. The molecule has 5 nitrogen and oxygen atoms in total. The van der Waals surface area contributed by atoms with Crippen molar-refractivity contribution >= 4 is 27.8 Å². The van der Waals surface area contributed by atoms with Crippen molar-refractivity contribution in [2.75, 3.05) is 11.9 Å². The van der Waals surface area contributed by atoms with Crippen LogP contribution in [0.5, 0.6) is 0 Å². The summed E-state index contributed by atoms with van der Waals surface area (Å²) in [5.74, 6) is 0. The quantitative estimate of drug-likeness (QED) is 0.777. The average Bonchev–Trinajstić information content (AvgIpc) is 3.10. The molecule has 102 valence electrons. The predicted molar refractivity (Wildman–Crippen MR) is 83.4 cm³/mol. The van der Waals surface area contributed by atoms with Gasteiger partial charge in [-0.25, -0.2) is 0 Å². The van der Waals surface area contributed by atoms with Crippen LogP contribution in [-0.4, -0.2) is 21.7 Å². The molecule has 0 aliphatic rings. The Balaban J connectivity index is 1.96. The number of nitrogens with one attached hydrogen (secondary N) is 2. The Morgan fingerprint density at radius 3 is 2.90 bits per heavy atom. The van der Waals surface area contributed by atoms with Gasteiger partial charge in [0, 0.05) is 6.54 Å². The van der Waals surface area contributed by atoms with Crippen molar-refractivity contribution in [1.29, 1.82) is 0 Å². The van der Waals surface area contributed by atoms with E-state index in [-0.39, 0.29) is 5.56 Å². The average molecular weight is 304 g/mol. The van der Waals surface area contributed by atoms with Gasteiger partial charge in [-0.3, -0.25) is 4.79 Å². The summed E-state index contributed by atoms with van der Waals surface area (Å²) in [7, 11) is 0. The number of pyridine rings is 1. The largest absolute Gasteiger partial charge is 0.360 e. The van der Waals surface area contributed by atoms with Gasteiger partial charge >= 0.3 is 0 Å². The first-order chi connectivity index (χ1) is 9.78. The van der Waals surface area contributed by atoms with E-state index in [9.17, 15) is 4.79 Å². The van der Waals surface area contributed by atoms with E-state index in [1.54, 1.807) is 17.4 Å². The van der Waals surface area contributed by atoms with Crippen LogP contribution in [0.15, 0.2) is 34.4 Å². The van der Waals surface area contributed by atoms with E-state index >= 15 is 0 Å². The lowest BCUT2D eigenvalue weighted by Crippen LogP contribution is -2.08. The minimum atomic E-state index is -0.143. The summed E-state index contributed by atoms with van der Waals surface area (Å²) in [5.41, 5.74) is 1.23. The van der Waals surface area contributed by atoms with Crippen LogP contribution in [0.1, 0.15) is 6.92 Å². The Morgan fingerprint density at radius 2 is 2.20 bits per heavy atom. The lowest BCUT2D eigenvalue weighted by atomic mass is 10.2. The SMILES string of the molecule is CCNc1nnc(-c2ccc(-c3cccs3)[nH]c2=O)s1. The molecule has 0 saturated carbocycles. The van der Waals surface area contributed by atoms with Crippen molar-refractivity contribution in [2.24, 2.45) is 0 Å². The van der Waals surface area contributed by atoms with E-state index in [1.165, 1.54) is 11.3 Å². The minimum absolute atomic E-state index is 0.143. The highest BCUT2D eigenvalue weighted by molar-refractivity contribution is 7.18. The van der Waals surface area contributed by atoms with Crippen LogP contribution in [0.3, 0.4) is 0 Å². The Hall–Kier alpha value is -1.99. The van der Waals surface area contributed by atoms with Gasteiger partial charge in [-0.05, 0) is 30.5 Å². The highest BCUT2D eigenvalue weighted by atomic mass is 32.1. The Bertz CT molecular complexity index is 761. The van der Waals surface area contributed by atoms with Gasteiger partial charge in [0.05, 0.1) is 16.1 Å². The summed E-state index contributed by atoms with van der Waals surface area (Å²) in [6.45, 7) is 2.77. The fraction of sp³-hybridized carbons (Fsp3) is 0.154. The molecule has 0 aromatic carbocycles. The highest BCUT2D eigenvalue weighted by Crippen LogP contribution is 2.26. The van der Waals surface area contributed by atoms with Gasteiger partial charge < -0.3 is 10.3 Å². The molecule has 0 unspecified atom stereocenters. The van der Waals surface area contributed by atoms with E-state index in [1.807, 2.05) is 30.5 Å². The number of rotatable bonds is 4. The molecule has 0 amide bonds. The summed E-state index contributed by atoms with van der Waals surface area (Å²) in [4.78, 5) is 16.1. The first kappa shape index (κ1) is 13.0. The molecule has 0 bridgehead atoms. The molecule has 3 aromatic heterocycles. The van der Waals surface area contributed by atoms with E-state index in [0.717, 1.165) is 22.2 Å². The highest BCUT2D eigenvalue weighted by Gasteiger charge is 2.11. The fourth-order valence-electron chi connectivity index (χ4n) is 1.77. The van der Waals surface area contributed by atoms with Gasteiger partial charge in [0.25, 0.3) is 5.56 Å². The molecule has 20 heavy (non-hydrogen) atoms. The number of H-pyrrole nitrogens is 1. The Labute approximate surface area is 123 Å². The van der Waals surface area contributed by atoms with Crippen molar-refractivity contribution in [3.05, 3.63) is 40.0 Å². The first-order valence-electron chi connectivity index (χ1n) is 6.13. The zero-order valence-electron chi connectivity index (χ0n) is 10.7. The third kappa shape index (κ3) is 2.50. The molecule has 0 saturated heterocycles. The van der Waals surface area contributed by atoms with Crippen molar-refractivity contribution < 1.29 is 0 Å². The van der Waals surface area contributed by atoms with Crippen molar-refractivity contribution in [2.45, 2.75) is 6.92 Å². The maximum Gasteiger partial charge on any atom is 0.258 e. The van der Waals surface area contributed by atoms with Crippen LogP contribution in [0.2, 0.25) is 0 Å². The minimum Gasteiger partial charge on any atom is -0.360 e. The molecule has 2 N–H and O–H groups in total. The van der Waals surface area contributed by atoms with Gasteiger partial charge in [-0.15, -0.1) is 21.5 Å². The van der Waals surface area contributed by atoms with Crippen LogP contribution < -0.4 is 10.9 Å². The molecule has 0 aliphatic carbocycles. The molecule has 3 aromatic rings. The topological polar surface area (TPSA) is 70.7 Å². The number of aromatic amines is 1. The second-order valence-electron chi connectivity index (χ2n) is 4.03. The standard InChI is InChI=1S/C13H12N4OS2/c1-2-14-13-17-16-12(20-13)8-5-6-9(15-11(8)18)10-4-3-7-19-10/h3-7H,2H2,1H3,(H,14,17)(H,15,18). The van der Waals surface area contributed by atoms with Crippen LogP contribution in [0, 0.1) is 0 Å². The van der Waals surface area contributed by atoms with E-state index in [4.69, 9.17) is 0 Å². The monoisotopic (exact) mass is 304 g/mol. The summed E-state index contributed by atoms with van der Waals surface area (Å²) < 4.78 is 0. The molecule has 0 aliphatic heterocycles. The lowest BCUT2D eigenvalue weighted by Gasteiger charge is -1.99. The van der Waals surface area contributed by atoms with Crippen LogP contribution in [0.4, 0.5) is 5.13 Å². The smallest absolute Gasteiger partial charge is 0.258 e. The lowest BCUT2D eigenvalue weighted by molar-refractivity contribution is 1.07. The zero-order valence-corrected chi connectivity index (χ0v) is 12.3. The van der Waals surface area contributed by atoms with Crippen LogP contribution >= 0.6 is 22.7 Å². The van der Waals surface area contributed by atoms with Gasteiger partial charge in [0.1, 0.15) is 0 Å². The van der Waals surface area contributed by atoms with E-state index < -0.39 is 0 Å². The summed E-state index contributed by atoms with van der Waals surface area (Å²) in [6.07, 6.45) is 0. The van der Waals surface area contributed by atoms with Crippen molar-refractivity contribution in [3.8, 4) is 21.1 Å². The predicted octanol–water partition coefficient (Wildman–Crippen LogP) is 3.05. The third-order valence-corrected chi connectivity index (χ3v) is 4.50. The van der Waals surface area contributed by atoms with Gasteiger partial charge in [0.2, 0.25) is 5.13 Å². The summed E-state index contributed by atoms with van der Waals surface area (Å²) in [6, 6.07) is 7.63. The molecule has 0 spiro atoms. The molecule has 3 heterocycles. The molecule has 0 fully saturated rings. The molecular formula is C13H12N4OS2. The van der Waals surface area contributed by atoms with Gasteiger partial charge in [-0.1, -0.05) is 17.4 Å². The van der Waals surface area contributed by atoms with E-state index in [0.29, 0.717) is 10.6 Å². The number of nitrogens with zero attached hydrogens (tertiary/aromatic N) is 2. The second-order valence-corrected chi connectivity index (χ2v) is 5.96. The second kappa shape index (κ2) is 5.56.